The van der Waals surface area contributed by atoms with E-state index in [1.54, 1.807) is 0 Å². The van der Waals surface area contributed by atoms with Crippen LogP contribution in [0.5, 0.6) is 5.75 Å². The van der Waals surface area contributed by atoms with Crippen LogP contribution in [-0.4, -0.2) is 12.6 Å². The molecule has 0 radical (unpaired) electrons. The molecule has 0 heterocycles. The van der Waals surface area contributed by atoms with Gasteiger partial charge in [0.05, 0.1) is 6.61 Å². The van der Waals surface area contributed by atoms with Gasteiger partial charge in [0.1, 0.15) is 11.9 Å². The van der Waals surface area contributed by atoms with Crippen molar-refractivity contribution in [3.05, 3.63) is 54.1 Å². The van der Waals surface area contributed by atoms with Crippen molar-refractivity contribution in [2.75, 3.05) is 6.61 Å². The summed E-state index contributed by atoms with van der Waals surface area (Å²) in [5.74, 6) is 0.853. The maximum Gasteiger partial charge on any atom is 0.306 e. The van der Waals surface area contributed by atoms with Crippen molar-refractivity contribution in [1.29, 1.82) is 0 Å². The molecule has 0 aliphatic rings. The molecule has 3 heteroatoms. The van der Waals surface area contributed by atoms with Crippen LogP contribution in [-0.2, 0) is 9.53 Å². The molecule has 0 spiro atoms. The third-order valence-electron chi connectivity index (χ3n) is 8.13. The summed E-state index contributed by atoms with van der Waals surface area (Å²) in [6, 6.07) is 16.7. The van der Waals surface area contributed by atoms with Crippen LogP contribution in [0.2, 0.25) is 0 Å². The van der Waals surface area contributed by atoms with Crippen LogP contribution >= 0.6 is 0 Å². The molecule has 1 unspecified atom stereocenters. The lowest BCUT2D eigenvalue weighted by atomic mass is 10.0. The molecule has 0 fully saturated rings. The second-order valence-electron chi connectivity index (χ2n) is 11.9. The molecule has 0 aromatic heterocycles. The van der Waals surface area contributed by atoms with E-state index in [4.69, 9.17) is 9.47 Å². The standard InChI is InChI=1S/C38H60O3/c1-4-6-8-10-12-14-15-16-17-19-21-23-38(39)41-33(3)34-24-26-35(27-25-34)36-28-30-37(31-29-36)40-32-22-20-18-13-11-9-7-5-2/h24-31,33H,4-23,32H2,1-3H3. The first-order chi connectivity index (χ1) is 20.1. The topological polar surface area (TPSA) is 35.5 Å². The lowest BCUT2D eigenvalue weighted by molar-refractivity contribution is -0.148. The van der Waals surface area contributed by atoms with E-state index in [1.807, 2.05) is 6.92 Å². The fraction of sp³-hybridized carbons (Fsp3) is 0.658. The third kappa shape index (κ3) is 16.7. The molecule has 0 N–H and O–H groups in total. The van der Waals surface area contributed by atoms with Gasteiger partial charge in [-0.2, -0.15) is 0 Å². The monoisotopic (exact) mass is 564 g/mol. The molecular formula is C38H60O3. The van der Waals surface area contributed by atoms with Gasteiger partial charge >= 0.3 is 5.97 Å². The highest BCUT2D eigenvalue weighted by molar-refractivity contribution is 5.70. The zero-order valence-corrected chi connectivity index (χ0v) is 26.8. The number of carbonyl (C=O) groups excluding carboxylic acids is 1. The van der Waals surface area contributed by atoms with Crippen molar-refractivity contribution < 1.29 is 14.3 Å². The Kier molecular flexibility index (Phi) is 19.8. The summed E-state index contributed by atoms with van der Waals surface area (Å²) >= 11 is 0. The van der Waals surface area contributed by atoms with E-state index in [2.05, 4.69) is 62.4 Å². The van der Waals surface area contributed by atoms with Crippen molar-refractivity contribution in [3.8, 4) is 16.9 Å². The van der Waals surface area contributed by atoms with Gasteiger partial charge in [-0.3, -0.25) is 4.79 Å². The number of hydrogen-bond acceptors (Lipinski definition) is 3. The van der Waals surface area contributed by atoms with Gasteiger partial charge in [0.25, 0.3) is 0 Å². The molecular weight excluding hydrogens is 504 g/mol. The maximum atomic E-state index is 12.3. The zero-order valence-electron chi connectivity index (χ0n) is 26.8. The first kappa shape index (κ1) is 34.9. The van der Waals surface area contributed by atoms with Gasteiger partial charge in [-0.05, 0) is 48.6 Å². The molecule has 0 aliphatic carbocycles. The van der Waals surface area contributed by atoms with E-state index in [-0.39, 0.29) is 12.1 Å². The average molecular weight is 565 g/mol. The summed E-state index contributed by atoms with van der Waals surface area (Å²) in [5, 5.41) is 0. The number of carbonyl (C=O) groups is 1. The molecule has 2 rings (SSSR count). The molecule has 0 aliphatic heterocycles. The van der Waals surface area contributed by atoms with Gasteiger partial charge < -0.3 is 9.47 Å². The van der Waals surface area contributed by atoms with E-state index in [0.29, 0.717) is 6.42 Å². The molecule has 0 amide bonds. The second-order valence-corrected chi connectivity index (χ2v) is 11.9. The van der Waals surface area contributed by atoms with Gasteiger partial charge in [-0.25, -0.2) is 0 Å². The normalized spacial score (nSPS) is 11.9. The Hall–Kier alpha value is -2.29. The highest BCUT2D eigenvalue weighted by Gasteiger charge is 2.12. The van der Waals surface area contributed by atoms with Crippen LogP contribution in [0.1, 0.15) is 161 Å². The van der Waals surface area contributed by atoms with Gasteiger partial charge in [-0.15, -0.1) is 0 Å². The van der Waals surface area contributed by atoms with E-state index in [0.717, 1.165) is 48.3 Å². The summed E-state index contributed by atoms with van der Waals surface area (Å²) < 4.78 is 11.7. The van der Waals surface area contributed by atoms with E-state index >= 15 is 0 Å². The first-order valence-corrected chi connectivity index (χ1v) is 17.2. The number of hydrogen-bond donors (Lipinski definition) is 0. The van der Waals surface area contributed by atoms with Crippen molar-refractivity contribution in [1.82, 2.24) is 0 Å². The molecule has 0 bridgehead atoms. The summed E-state index contributed by atoms with van der Waals surface area (Å²) in [5.41, 5.74) is 3.35. The van der Waals surface area contributed by atoms with Crippen LogP contribution in [0.15, 0.2) is 48.5 Å². The quantitative estimate of drug-likeness (QED) is 0.0888. The molecule has 0 saturated carbocycles. The average Bonchev–Trinajstić information content (AvgIpc) is 2.99. The van der Waals surface area contributed by atoms with Crippen molar-refractivity contribution in [3.63, 3.8) is 0 Å². The Bertz CT molecular complexity index is 887. The molecule has 230 valence electrons. The minimum Gasteiger partial charge on any atom is -0.494 e. The maximum absolute atomic E-state index is 12.3. The molecule has 41 heavy (non-hydrogen) atoms. The molecule has 0 saturated heterocycles. The Morgan fingerprint density at radius 2 is 0.976 bits per heavy atom. The molecule has 2 aromatic rings. The lowest BCUT2D eigenvalue weighted by Crippen LogP contribution is -2.08. The number of unbranched alkanes of at least 4 members (excludes halogenated alkanes) is 17. The largest absolute Gasteiger partial charge is 0.494 e. The summed E-state index contributed by atoms with van der Waals surface area (Å²) in [4.78, 5) is 12.3. The number of rotatable bonds is 25. The number of ether oxygens (including phenoxy) is 2. The summed E-state index contributed by atoms with van der Waals surface area (Å²) in [6.45, 7) is 7.29. The van der Waals surface area contributed by atoms with Crippen molar-refractivity contribution in [2.45, 2.75) is 155 Å². The minimum atomic E-state index is -0.226. The highest BCUT2D eigenvalue weighted by atomic mass is 16.5. The van der Waals surface area contributed by atoms with Gasteiger partial charge in [0, 0.05) is 6.42 Å². The van der Waals surface area contributed by atoms with Crippen LogP contribution in [0.25, 0.3) is 11.1 Å². The van der Waals surface area contributed by atoms with Gasteiger partial charge in [0.15, 0.2) is 0 Å². The van der Waals surface area contributed by atoms with E-state index in [9.17, 15) is 4.79 Å². The molecule has 1 atom stereocenters. The van der Waals surface area contributed by atoms with Crippen LogP contribution < -0.4 is 4.74 Å². The Labute approximate surface area is 252 Å². The number of esters is 1. The predicted octanol–water partition coefficient (Wildman–Crippen LogP) is 12.2. The summed E-state index contributed by atoms with van der Waals surface area (Å²) in [6.07, 6.45) is 24.9. The van der Waals surface area contributed by atoms with Crippen LogP contribution in [0.3, 0.4) is 0 Å². The predicted molar refractivity (Wildman–Crippen MR) is 176 cm³/mol. The van der Waals surface area contributed by atoms with Gasteiger partial charge in [0.2, 0.25) is 0 Å². The third-order valence-corrected chi connectivity index (χ3v) is 8.13. The Morgan fingerprint density at radius 3 is 1.46 bits per heavy atom. The lowest BCUT2D eigenvalue weighted by Gasteiger charge is -2.14. The van der Waals surface area contributed by atoms with Crippen LogP contribution in [0.4, 0.5) is 0 Å². The first-order valence-electron chi connectivity index (χ1n) is 17.2. The van der Waals surface area contributed by atoms with E-state index < -0.39 is 0 Å². The number of benzene rings is 2. The molecule has 2 aromatic carbocycles. The fourth-order valence-electron chi connectivity index (χ4n) is 5.37. The van der Waals surface area contributed by atoms with Crippen LogP contribution in [0, 0.1) is 0 Å². The SMILES string of the molecule is CCCCCCCCCCCCCC(=O)OC(C)c1ccc(-c2ccc(OCCCCCCCCCC)cc2)cc1. The van der Waals surface area contributed by atoms with E-state index in [1.165, 1.54) is 103 Å². The fourth-order valence-corrected chi connectivity index (χ4v) is 5.37. The zero-order chi connectivity index (χ0) is 29.4. The van der Waals surface area contributed by atoms with Crippen molar-refractivity contribution >= 4 is 5.97 Å². The molecule has 3 nitrogen and oxygen atoms in total. The highest BCUT2D eigenvalue weighted by Crippen LogP contribution is 2.26. The van der Waals surface area contributed by atoms with Gasteiger partial charge in [-0.1, -0.05) is 159 Å². The smallest absolute Gasteiger partial charge is 0.306 e. The van der Waals surface area contributed by atoms with Crippen molar-refractivity contribution in [2.24, 2.45) is 0 Å². The minimum absolute atomic E-state index is 0.0833. The Morgan fingerprint density at radius 1 is 0.561 bits per heavy atom. The summed E-state index contributed by atoms with van der Waals surface area (Å²) in [7, 11) is 0. The Balaban J connectivity index is 1.58. The second kappa shape index (κ2) is 23.3.